The summed E-state index contributed by atoms with van der Waals surface area (Å²) in [6.45, 7) is 0. The fraction of sp³-hybridized carbons (Fsp3) is 0.294. The molecule has 4 nitrogen and oxygen atoms in total. The van der Waals surface area contributed by atoms with Gasteiger partial charge in [-0.3, -0.25) is 0 Å². The molecule has 7 heteroatoms. The van der Waals surface area contributed by atoms with Gasteiger partial charge in [-0.05, 0) is 49.4 Å². The average Bonchev–Trinajstić information content (AvgIpc) is 3.14. The predicted molar refractivity (Wildman–Crippen MR) is 95.2 cm³/mol. The molecule has 1 aromatic carbocycles. The van der Waals surface area contributed by atoms with Crippen LogP contribution in [0.5, 0.6) is 0 Å². The molecule has 2 heterocycles. The second kappa shape index (κ2) is 6.14. The van der Waals surface area contributed by atoms with Crippen molar-refractivity contribution in [2.75, 3.05) is 12.4 Å². The number of fused-ring (bicyclic) bond motifs is 2. The quantitative estimate of drug-likeness (QED) is 0.673. The van der Waals surface area contributed by atoms with Gasteiger partial charge < -0.3 is 10.1 Å². The van der Waals surface area contributed by atoms with Crippen LogP contribution >= 0.6 is 22.7 Å². The molecule has 0 atom stereocenters. The molecule has 1 N–H and O–H groups in total. The Morgan fingerprint density at radius 2 is 2.12 bits per heavy atom. The van der Waals surface area contributed by atoms with Crippen LogP contribution in [0.1, 0.15) is 33.6 Å². The summed E-state index contributed by atoms with van der Waals surface area (Å²) in [7, 11) is 1.40. The number of aromatic nitrogens is 1. The standard InChI is InChI=1S/C17H15FN2O2S2/c1-22-16(21)14-10-4-2-3-5-12(10)23-15(14)20-17-19-11-7-6-9(18)8-13(11)24-17/h6-8H,2-5H2,1H3,(H,19,20). The molecule has 0 bridgehead atoms. The zero-order valence-corrected chi connectivity index (χ0v) is 14.7. The van der Waals surface area contributed by atoms with Crippen LogP contribution in [0.25, 0.3) is 10.2 Å². The number of aryl methyl sites for hydroxylation is 1. The number of anilines is 2. The van der Waals surface area contributed by atoms with Crippen molar-refractivity contribution in [1.82, 2.24) is 4.98 Å². The number of nitrogens with zero attached hydrogens (tertiary/aromatic N) is 1. The maximum Gasteiger partial charge on any atom is 0.341 e. The average molecular weight is 362 g/mol. The van der Waals surface area contributed by atoms with E-state index >= 15 is 0 Å². The van der Waals surface area contributed by atoms with E-state index in [0.29, 0.717) is 10.7 Å². The first kappa shape index (κ1) is 15.5. The van der Waals surface area contributed by atoms with Gasteiger partial charge in [-0.25, -0.2) is 14.2 Å². The Kier molecular flexibility index (Phi) is 3.97. The van der Waals surface area contributed by atoms with Gasteiger partial charge >= 0.3 is 5.97 Å². The van der Waals surface area contributed by atoms with Crippen LogP contribution < -0.4 is 5.32 Å². The van der Waals surface area contributed by atoms with Gasteiger partial charge in [-0.15, -0.1) is 11.3 Å². The van der Waals surface area contributed by atoms with Crippen LogP contribution in [0.3, 0.4) is 0 Å². The third kappa shape index (κ3) is 2.67. The Labute approximate surface area is 146 Å². The second-order valence-electron chi connectivity index (χ2n) is 5.66. The van der Waals surface area contributed by atoms with Crippen LogP contribution in [-0.2, 0) is 17.6 Å². The summed E-state index contributed by atoms with van der Waals surface area (Å²) in [5, 5.41) is 4.68. The minimum Gasteiger partial charge on any atom is -0.465 e. The topological polar surface area (TPSA) is 51.2 Å². The molecule has 0 amide bonds. The minimum atomic E-state index is -0.316. The molecular weight excluding hydrogens is 347 g/mol. The van der Waals surface area contributed by atoms with Crippen LogP contribution in [0.2, 0.25) is 0 Å². The van der Waals surface area contributed by atoms with Gasteiger partial charge in [-0.1, -0.05) is 11.3 Å². The summed E-state index contributed by atoms with van der Waals surface area (Å²) in [6, 6.07) is 4.53. The molecule has 0 fully saturated rings. The van der Waals surface area contributed by atoms with Gasteiger partial charge in [0.1, 0.15) is 10.8 Å². The number of rotatable bonds is 3. The summed E-state index contributed by atoms with van der Waals surface area (Å²) >= 11 is 2.97. The van der Waals surface area contributed by atoms with Crippen LogP contribution in [0.4, 0.5) is 14.5 Å². The summed E-state index contributed by atoms with van der Waals surface area (Å²) in [6.07, 6.45) is 4.14. The number of ether oxygens (including phenoxy) is 1. The number of carbonyl (C=O) groups excluding carboxylic acids is 1. The normalized spacial score (nSPS) is 13.8. The monoisotopic (exact) mass is 362 g/mol. The van der Waals surface area contributed by atoms with E-state index in [2.05, 4.69) is 10.3 Å². The molecule has 0 saturated carbocycles. The molecular formula is C17H15FN2O2S2. The number of esters is 1. The highest BCUT2D eigenvalue weighted by molar-refractivity contribution is 7.23. The van der Waals surface area contributed by atoms with E-state index in [1.165, 1.54) is 35.5 Å². The van der Waals surface area contributed by atoms with Crippen molar-refractivity contribution in [2.24, 2.45) is 0 Å². The number of halogens is 1. The molecule has 124 valence electrons. The van der Waals surface area contributed by atoms with Crippen molar-refractivity contribution in [3.05, 3.63) is 40.0 Å². The van der Waals surface area contributed by atoms with Gasteiger partial charge in [0.2, 0.25) is 0 Å². The van der Waals surface area contributed by atoms with Gasteiger partial charge in [-0.2, -0.15) is 0 Å². The van der Waals surface area contributed by atoms with Crippen molar-refractivity contribution in [3.8, 4) is 0 Å². The molecule has 3 aromatic rings. The van der Waals surface area contributed by atoms with Gasteiger partial charge in [0, 0.05) is 4.88 Å². The molecule has 0 radical (unpaired) electrons. The van der Waals surface area contributed by atoms with E-state index in [4.69, 9.17) is 4.74 Å². The highest BCUT2D eigenvalue weighted by Gasteiger charge is 2.26. The zero-order chi connectivity index (χ0) is 16.7. The largest absolute Gasteiger partial charge is 0.465 e. The zero-order valence-electron chi connectivity index (χ0n) is 13.0. The molecule has 0 aliphatic heterocycles. The Morgan fingerprint density at radius 1 is 1.29 bits per heavy atom. The first-order chi connectivity index (χ1) is 11.7. The summed E-state index contributed by atoms with van der Waals surface area (Å²) in [5.41, 5.74) is 2.47. The molecule has 0 unspecified atom stereocenters. The number of carbonyl (C=O) groups is 1. The number of hydrogen-bond donors (Lipinski definition) is 1. The first-order valence-electron chi connectivity index (χ1n) is 7.71. The van der Waals surface area contributed by atoms with Crippen LogP contribution in [0, 0.1) is 5.82 Å². The lowest BCUT2D eigenvalue weighted by molar-refractivity contribution is 0.0601. The number of thiazole rings is 1. The van der Waals surface area contributed by atoms with Crippen LogP contribution in [-0.4, -0.2) is 18.1 Å². The number of hydrogen-bond acceptors (Lipinski definition) is 6. The van der Waals surface area contributed by atoms with E-state index in [0.717, 1.165) is 46.5 Å². The Hall–Kier alpha value is -1.99. The fourth-order valence-electron chi connectivity index (χ4n) is 3.02. The Balaban J connectivity index is 1.75. The van der Waals surface area contributed by atoms with Crippen molar-refractivity contribution in [1.29, 1.82) is 0 Å². The smallest absolute Gasteiger partial charge is 0.341 e. The molecule has 0 spiro atoms. The molecule has 0 saturated heterocycles. The minimum absolute atomic E-state index is 0.278. The highest BCUT2D eigenvalue weighted by Crippen LogP contribution is 2.41. The molecule has 2 aromatic heterocycles. The fourth-order valence-corrected chi connectivity index (χ4v) is 5.26. The number of methoxy groups -OCH3 is 1. The number of nitrogens with one attached hydrogen (secondary N) is 1. The SMILES string of the molecule is COC(=O)c1c(Nc2nc3ccc(F)cc3s2)sc2c1CCCC2. The molecule has 24 heavy (non-hydrogen) atoms. The molecule has 1 aliphatic rings. The van der Waals surface area contributed by atoms with Crippen molar-refractivity contribution < 1.29 is 13.9 Å². The summed E-state index contributed by atoms with van der Waals surface area (Å²) < 4.78 is 19.1. The number of thiophene rings is 1. The molecule has 1 aliphatic carbocycles. The van der Waals surface area contributed by atoms with Crippen molar-refractivity contribution >= 4 is 49.0 Å². The van der Waals surface area contributed by atoms with E-state index in [1.807, 2.05) is 0 Å². The first-order valence-corrected chi connectivity index (χ1v) is 9.35. The van der Waals surface area contributed by atoms with Crippen LogP contribution in [0.15, 0.2) is 18.2 Å². The van der Waals surface area contributed by atoms with E-state index in [-0.39, 0.29) is 11.8 Å². The highest BCUT2D eigenvalue weighted by atomic mass is 32.1. The summed E-state index contributed by atoms with van der Waals surface area (Å²) in [5.74, 6) is -0.594. The van der Waals surface area contributed by atoms with E-state index in [9.17, 15) is 9.18 Å². The third-order valence-corrected chi connectivity index (χ3v) is 6.27. The van der Waals surface area contributed by atoms with E-state index in [1.54, 1.807) is 17.4 Å². The summed E-state index contributed by atoms with van der Waals surface area (Å²) in [4.78, 5) is 18.0. The van der Waals surface area contributed by atoms with Crippen molar-refractivity contribution in [2.45, 2.75) is 25.7 Å². The maximum atomic E-state index is 13.3. The maximum absolute atomic E-state index is 13.3. The van der Waals surface area contributed by atoms with Gasteiger partial charge in [0.15, 0.2) is 5.13 Å². The third-order valence-electron chi connectivity index (χ3n) is 4.13. The van der Waals surface area contributed by atoms with Crippen molar-refractivity contribution in [3.63, 3.8) is 0 Å². The Bertz CT molecular complexity index is 932. The van der Waals surface area contributed by atoms with E-state index < -0.39 is 0 Å². The van der Waals surface area contributed by atoms with Gasteiger partial charge in [0.25, 0.3) is 0 Å². The lowest BCUT2D eigenvalue weighted by Gasteiger charge is -2.11. The molecule has 4 rings (SSSR count). The Morgan fingerprint density at radius 3 is 2.96 bits per heavy atom. The lowest BCUT2D eigenvalue weighted by Crippen LogP contribution is -2.09. The second-order valence-corrected chi connectivity index (χ2v) is 7.80. The number of benzene rings is 1. The van der Waals surface area contributed by atoms with Gasteiger partial charge in [0.05, 0.1) is 22.9 Å². The predicted octanol–water partition coefficient (Wildman–Crippen LogP) is 4.91. The lowest BCUT2D eigenvalue weighted by atomic mass is 9.95.